The summed E-state index contributed by atoms with van der Waals surface area (Å²) in [4.78, 5) is 24.7. The Kier molecular flexibility index (Phi) is 4.29. The summed E-state index contributed by atoms with van der Waals surface area (Å²) in [6.07, 6.45) is 2.25. The van der Waals surface area contributed by atoms with Gasteiger partial charge < -0.3 is 9.88 Å². The third kappa shape index (κ3) is 3.25. The number of thiazole rings is 1. The third-order valence-electron chi connectivity index (χ3n) is 5.50. The number of nitrogens with one attached hydrogen (secondary N) is 2. The molecule has 3 heterocycles. The van der Waals surface area contributed by atoms with E-state index in [1.807, 2.05) is 17.4 Å². The number of aromatic nitrogens is 3. The van der Waals surface area contributed by atoms with Gasteiger partial charge in [0.15, 0.2) is 5.82 Å². The van der Waals surface area contributed by atoms with Crippen molar-refractivity contribution < 1.29 is 9.82 Å². The van der Waals surface area contributed by atoms with E-state index in [2.05, 4.69) is 28.2 Å². The van der Waals surface area contributed by atoms with Crippen molar-refractivity contribution >= 4 is 38.3 Å². The first kappa shape index (κ1) is 17.3. The molecule has 1 aliphatic rings. The topological polar surface area (TPSA) is 89.2 Å². The number of quaternary nitrogens is 1. The number of H-pyrrole nitrogens is 1. The van der Waals surface area contributed by atoms with Crippen LogP contribution in [-0.4, -0.2) is 33.0 Å². The van der Waals surface area contributed by atoms with E-state index in [0.717, 1.165) is 54.9 Å². The standard InChI is InChI=1S/C20H19N5O2S/c26-25(27)14-5-6-15-17(11-14)22-19(21-15)12-24-9-7-13(8-10-24)20-23-16-3-1-2-4-18(16)28-20/h1-6,11,13H,7-10,12H2,(H,21,22)/p+1. The predicted octanol–water partition coefficient (Wildman–Crippen LogP) is 3.04. The van der Waals surface area contributed by atoms with Gasteiger partial charge in [0.05, 0.1) is 44.3 Å². The van der Waals surface area contributed by atoms with Crippen molar-refractivity contribution in [1.29, 1.82) is 0 Å². The summed E-state index contributed by atoms with van der Waals surface area (Å²) in [6, 6.07) is 13.1. The quantitative estimate of drug-likeness (QED) is 0.411. The predicted molar refractivity (Wildman–Crippen MR) is 109 cm³/mol. The summed E-state index contributed by atoms with van der Waals surface area (Å²) in [5, 5.41) is 12.2. The Morgan fingerprint density at radius 2 is 1.96 bits per heavy atom. The molecule has 4 aromatic rings. The van der Waals surface area contributed by atoms with E-state index in [0.29, 0.717) is 5.92 Å². The molecule has 2 N–H and O–H groups in total. The Morgan fingerprint density at radius 1 is 1.14 bits per heavy atom. The van der Waals surface area contributed by atoms with Crippen LogP contribution in [0.15, 0.2) is 42.5 Å². The maximum atomic E-state index is 10.9. The van der Waals surface area contributed by atoms with Gasteiger partial charge >= 0.3 is 0 Å². The van der Waals surface area contributed by atoms with Gasteiger partial charge in [0, 0.05) is 30.9 Å². The maximum absolute atomic E-state index is 10.9. The van der Waals surface area contributed by atoms with Crippen molar-refractivity contribution in [3.8, 4) is 0 Å². The molecule has 1 saturated heterocycles. The number of non-ortho nitro benzene ring substituents is 1. The molecule has 0 bridgehead atoms. The van der Waals surface area contributed by atoms with E-state index in [4.69, 9.17) is 4.98 Å². The number of rotatable bonds is 4. The molecule has 0 saturated carbocycles. The number of benzene rings is 2. The summed E-state index contributed by atoms with van der Waals surface area (Å²) >= 11 is 1.82. The molecule has 142 valence electrons. The van der Waals surface area contributed by atoms with Crippen LogP contribution in [0, 0.1) is 10.1 Å². The highest BCUT2D eigenvalue weighted by molar-refractivity contribution is 7.18. The molecule has 7 nitrogen and oxygen atoms in total. The molecule has 2 aromatic carbocycles. The fourth-order valence-electron chi connectivity index (χ4n) is 4.00. The van der Waals surface area contributed by atoms with Crippen molar-refractivity contribution in [2.75, 3.05) is 13.1 Å². The molecule has 0 spiro atoms. The average Bonchev–Trinajstić information content (AvgIpc) is 3.31. The number of imidazole rings is 1. The molecule has 1 aliphatic heterocycles. The summed E-state index contributed by atoms with van der Waals surface area (Å²) in [6.45, 7) is 2.98. The molecule has 28 heavy (non-hydrogen) atoms. The number of likely N-dealkylation sites (tertiary alicyclic amines) is 1. The normalized spacial score (nSPS) is 20.0. The van der Waals surface area contributed by atoms with Gasteiger partial charge in [-0.15, -0.1) is 11.3 Å². The summed E-state index contributed by atoms with van der Waals surface area (Å²) < 4.78 is 1.27. The van der Waals surface area contributed by atoms with Crippen LogP contribution in [0.1, 0.15) is 29.6 Å². The first-order valence-corrected chi connectivity index (χ1v) is 10.3. The van der Waals surface area contributed by atoms with Gasteiger partial charge in [-0.1, -0.05) is 12.1 Å². The van der Waals surface area contributed by atoms with Gasteiger partial charge in [-0.2, -0.15) is 0 Å². The second-order valence-electron chi connectivity index (χ2n) is 7.36. The van der Waals surface area contributed by atoms with Crippen LogP contribution in [-0.2, 0) is 6.54 Å². The number of nitrogens with zero attached hydrogens (tertiary/aromatic N) is 3. The number of fused-ring (bicyclic) bond motifs is 2. The van der Waals surface area contributed by atoms with Crippen molar-refractivity contribution in [2.45, 2.75) is 25.3 Å². The Bertz CT molecular complexity index is 1130. The minimum absolute atomic E-state index is 0.0895. The first-order valence-electron chi connectivity index (χ1n) is 9.48. The minimum atomic E-state index is -0.377. The Hall–Kier alpha value is -2.84. The van der Waals surface area contributed by atoms with Crippen LogP contribution in [0.5, 0.6) is 0 Å². The summed E-state index contributed by atoms with van der Waals surface area (Å²) in [5.41, 5.74) is 2.71. The fourth-order valence-corrected chi connectivity index (χ4v) is 5.14. The molecule has 5 rings (SSSR count). The molecular weight excluding hydrogens is 374 g/mol. The molecule has 0 unspecified atom stereocenters. The van der Waals surface area contributed by atoms with E-state index < -0.39 is 0 Å². The number of aromatic amines is 1. The van der Waals surface area contributed by atoms with Crippen molar-refractivity contribution in [3.05, 3.63) is 63.4 Å². The maximum Gasteiger partial charge on any atom is 0.271 e. The van der Waals surface area contributed by atoms with Gasteiger partial charge in [-0.05, 0) is 18.2 Å². The third-order valence-corrected chi connectivity index (χ3v) is 6.69. The van der Waals surface area contributed by atoms with Gasteiger partial charge in [0.2, 0.25) is 0 Å². The average molecular weight is 394 g/mol. The second-order valence-corrected chi connectivity index (χ2v) is 8.43. The first-order chi connectivity index (χ1) is 13.7. The van der Waals surface area contributed by atoms with Gasteiger partial charge in [-0.25, -0.2) is 9.97 Å². The van der Waals surface area contributed by atoms with Crippen LogP contribution in [0.25, 0.3) is 21.3 Å². The monoisotopic (exact) mass is 394 g/mol. The van der Waals surface area contributed by atoms with Crippen LogP contribution < -0.4 is 4.90 Å². The zero-order chi connectivity index (χ0) is 19.1. The largest absolute Gasteiger partial charge is 0.337 e. The lowest BCUT2D eigenvalue weighted by atomic mass is 9.97. The number of piperidine rings is 1. The highest BCUT2D eigenvalue weighted by Gasteiger charge is 2.26. The number of nitro groups is 1. The van der Waals surface area contributed by atoms with Crippen LogP contribution in [0.4, 0.5) is 5.69 Å². The number of para-hydroxylation sites is 1. The van der Waals surface area contributed by atoms with E-state index >= 15 is 0 Å². The smallest absolute Gasteiger partial charge is 0.271 e. The van der Waals surface area contributed by atoms with Crippen molar-refractivity contribution in [3.63, 3.8) is 0 Å². The Balaban J connectivity index is 1.25. The lowest BCUT2D eigenvalue weighted by Gasteiger charge is -2.27. The SMILES string of the molecule is O=[N+]([O-])c1ccc2nc(C[NH+]3CCC(c4nc5ccccc5s4)CC3)[nH]c2c1. The van der Waals surface area contributed by atoms with Crippen molar-refractivity contribution in [1.82, 2.24) is 15.0 Å². The van der Waals surface area contributed by atoms with E-state index in [9.17, 15) is 10.1 Å². The summed E-state index contributed by atoms with van der Waals surface area (Å²) in [7, 11) is 0. The van der Waals surface area contributed by atoms with Gasteiger partial charge in [0.1, 0.15) is 6.54 Å². The fraction of sp³-hybridized carbons (Fsp3) is 0.300. The van der Waals surface area contributed by atoms with Crippen LogP contribution in [0.3, 0.4) is 0 Å². The lowest BCUT2D eigenvalue weighted by molar-refractivity contribution is -0.919. The van der Waals surface area contributed by atoms with E-state index in [1.165, 1.54) is 20.7 Å². The number of hydrogen-bond acceptors (Lipinski definition) is 5. The number of nitro benzene ring substituents is 1. The molecule has 0 radical (unpaired) electrons. The van der Waals surface area contributed by atoms with Gasteiger partial charge in [-0.3, -0.25) is 10.1 Å². The zero-order valence-electron chi connectivity index (χ0n) is 15.2. The molecule has 2 aromatic heterocycles. The Labute approximate surface area is 165 Å². The summed E-state index contributed by atoms with van der Waals surface area (Å²) in [5.74, 6) is 1.43. The molecule has 0 aliphatic carbocycles. The zero-order valence-corrected chi connectivity index (χ0v) is 16.0. The lowest BCUT2D eigenvalue weighted by Crippen LogP contribution is -3.11. The second kappa shape index (κ2) is 6.96. The van der Waals surface area contributed by atoms with Crippen LogP contribution >= 0.6 is 11.3 Å². The minimum Gasteiger partial charge on any atom is -0.337 e. The van der Waals surface area contributed by atoms with E-state index in [-0.39, 0.29) is 10.6 Å². The Morgan fingerprint density at radius 3 is 2.75 bits per heavy atom. The molecule has 8 heteroatoms. The molecular formula is C20H20N5O2S+. The highest BCUT2D eigenvalue weighted by Crippen LogP contribution is 2.31. The highest BCUT2D eigenvalue weighted by atomic mass is 32.1. The molecule has 0 atom stereocenters. The van der Waals surface area contributed by atoms with Crippen LogP contribution in [0.2, 0.25) is 0 Å². The van der Waals surface area contributed by atoms with Crippen molar-refractivity contribution in [2.24, 2.45) is 0 Å². The van der Waals surface area contributed by atoms with Gasteiger partial charge in [0.25, 0.3) is 5.69 Å². The van der Waals surface area contributed by atoms with E-state index in [1.54, 1.807) is 12.1 Å². The molecule has 1 fully saturated rings. The number of hydrogen-bond donors (Lipinski definition) is 2. The molecule has 0 amide bonds.